The molecule has 0 fully saturated rings. The summed E-state index contributed by atoms with van der Waals surface area (Å²) in [6, 6.07) is 13.9. The lowest BCUT2D eigenvalue weighted by Gasteiger charge is -2.16. The van der Waals surface area contributed by atoms with Crippen molar-refractivity contribution in [2.75, 3.05) is 0 Å². The molecule has 0 unspecified atom stereocenters. The molecule has 0 aliphatic rings. The molecule has 0 atom stereocenters. The minimum atomic E-state index is -2.96. The average Bonchev–Trinajstić information content (AvgIpc) is 2.69. The molecule has 0 aliphatic heterocycles. The van der Waals surface area contributed by atoms with Crippen molar-refractivity contribution in [2.24, 2.45) is 0 Å². The van der Waals surface area contributed by atoms with Crippen LogP contribution in [-0.4, -0.2) is 11.7 Å². The molecular formula is C23H20F4O2. The topological polar surface area (TPSA) is 29.5 Å². The lowest BCUT2D eigenvalue weighted by molar-refractivity contribution is -0.0498. The fraction of sp³-hybridized carbons (Fsp3) is 0.217. The summed E-state index contributed by atoms with van der Waals surface area (Å²) in [7, 11) is 0. The molecule has 2 nitrogen and oxygen atoms in total. The number of halogens is 4. The zero-order valence-electron chi connectivity index (χ0n) is 15.8. The van der Waals surface area contributed by atoms with Crippen LogP contribution in [0.3, 0.4) is 0 Å². The molecule has 3 aromatic rings. The van der Waals surface area contributed by atoms with E-state index in [0.717, 1.165) is 24.5 Å². The average molecular weight is 404 g/mol. The van der Waals surface area contributed by atoms with Gasteiger partial charge >= 0.3 is 6.61 Å². The summed E-state index contributed by atoms with van der Waals surface area (Å²) in [5.41, 5.74) is 2.03. The van der Waals surface area contributed by atoms with E-state index in [1.807, 2.05) is 12.1 Å². The Morgan fingerprint density at radius 1 is 0.931 bits per heavy atom. The molecular weight excluding hydrogens is 384 g/mol. The van der Waals surface area contributed by atoms with Gasteiger partial charge < -0.3 is 9.84 Å². The van der Waals surface area contributed by atoms with Crippen molar-refractivity contribution >= 4 is 0 Å². The Balaban J connectivity index is 2.13. The third-order valence-corrected chi connectivity index (χ3v) is 4.64. The van der Waals surface area contributed by atoms with Crippen LogP contribution in [0.1, 0.15) is 24.5 Å². The summed E-state index contributed by atoms with van der Waals surface area (Å²) in [6.07, 6.45) is 1.85. The molecule has 0 saturated carbocycles. The highest BCUT2D eigenvalue weighted by molar-refractivity contribution is 5.84. The number of aliphatic hydroxyl groups is 1. The Morgan fingerprint density at radius 2 is 1.55 bits per heavy atom. The maximum absolute atomic E-state index is 15.1. The van der Waals surface area contributed by atoms with Gasteiger partial charge in [-0.3, -0.25) is 0 Å². The Morgan fingerprint density at radius 3 is 2.10 bits per heavy atom. The third-order valence-electron chi connectivity index (χ3n) is 4.64. The highest BCUT2D eigenvalue weighted by Crippen LogP contribution is 2.38. The summed E-state index contributed by atoms with van der Waals surface area (Å²) < 4.78 is 58.6. The van der Waals surface area contributed by atoms with Crippen molar-refractivity contribution in [1.29, 1.82) is 0 Å². The van der Waals surface area contributed by atoms with Crippen molar-refractivity contribution in [2.45, 2.75) is 33.0 Å². The minimum absolute atomic E-state index is 0.0536. The van der Waals surface area contributed by atoms with Crippen LogP contribution in [-0.2, 0) is 13.0 Å². The van der Waals surface area contributed by atoms with E-state index in [1.54, 1.807) is 12.1 Å². The van der Waals surface area contributed by atoms with Crippen molar-refractivity contribution in [3.63, 3.8) is 0 Å². The molecule has 3 rings (SSSR count). The molecule has 0 aliphatic carbocycles. The number of aliphatic hydroxyl groups excluding tert-OH is 1. The van der Waals surface area contributed by atoms with Crippen LogP contribution < -0.4 is 4.74 Å². The molecule has 0 saturated heterocycles. The van der Waals surface area contributed by atoms with Gasteiger partial charge in [0.25, 0.3) is 0 Å². The largest absolute Gasteiger partial charge is 0.435 e. The second kappa shape index (κ2) is 9.09. The van der Waals surface area contributed by atoms with Gasteiger partial charge in [-0.05, 0) is 46.9 Å². The zero-order chi connectivity index (χ0) is 21.0. The van der Waals surface area contributed by atoms with Crippen LogP contribution >= 0.6 is 0 Å². The monoisotopic (exact) mass is 404 g/mol. The Bertz CT molecular complexity index is 968. The van der Waals surface area contributed by atoms with E-state index < -0.39 is 30.4 Å². The van der Waals surface area contributed by atoms with E-state index in [4.69, 9.17) is 0 Å². The SMILES string of the molecule is CCCc1ccc(-c2c(-c3ccc(OC(F)F)cc3)cc(F)c(CO)c2F)cc1. The molecule has 0 radical (unpaired) electrons. The van der Waals surface area contributed by atoms with Crippen LogP contribution in [0.5, 0.6) is 5.75 Å². The van der Waals surface area contributed by atoms with Gasteiger partial charge in [-0.25, -0.2) is 8.78 Å². The van der Waals surface area contributed by atoms with Crippen LogP contribution in [0.2, 0.25) is 0 Å². The van der Waals surface area contributed by atoms with E-state index in [0.29, 0.717) is 11.1 Å². The Labute approximate surface area is 166 Å². The fourth-order valence-corrected chi connectivity index (χ4v) is 3.26. The number of aryl methyl sites for hydroxylation is 1. The standard InChI is InChI=1S/C23H20F4O2/c1-2-3-14-4-6-16(7-5-14)21-18(12-20(24)19(13-28)22(21)25)15-8-10-17(11-9-15)29-23(26)27/h4-12,23,28H,2-3,13H2,1H3. The van der Waals surface area contributed by atoms with Crippen molar-refractivity contribution < 1.29 is 27.4 Å². The first-order chi connectivity index (χ1) is 13.9. The molecule has 3 aromatic carbocycles. The summed E-state index contributed by atoms with van der Waals surface area (Å²) in [5, 5.41) is 9.40. The Kier molecular flexibility index (Phi) is 6.54. The molecule has 29 heavy (non-hydrogen) atoms. The minimum Gasteiger partial charge on any atom is -0.435 e. The lowest BCUT2D eigenvalue weighted by Crippen LogP contribution is -2.02. The van der Waals surface area contributed by atoms with E-state index in [1.165, 1.54) is 24.3 Å². The maximum atomic E-state index is 15.1. The predicted molar refractivity (Wildman–Crippen MR) is 104 cm³/mol. The smallest absolute Gasteiger partial charge is 0.387 e. The van der Waals surface area contributed by atoms with Crippen molar-refractivity contribution in [3.05, 3.63) is 77.4 Å². The molecule has 0 amide bonds. The van der Waals surface area contributed by atoms with Crippen LogP contribution in [0.15, 0.2) is 54.6 Å². The summed E-state index contributed by atoms with van der Waals surface area (Å²) in [4.78, 5) is 0. The van der Waals surface area contributed by atoms with Gasteiger partial charge in [-0.15, -0.1) is 0 Å². The highest BCUT2D eigenvalue weighted by atomic mass is 19.3. The molecule has 6 heteroatoms. The molecule has 0 spiro atoms. The maximum Gasteiger partial charge on any atom is 0.387 e. The normalized spacial score (nSPS) is 11.1. The second-order valence-electron chi connectivity index (χ2n) is 6.58. The first-order valence-corrected chi connectivity index (χ1v) is 9.20. The van der Waals surface area contributed by atoms with Crippen LogP contribution in [0.4, 0.5) is 17.6 Å². The van der Waals surface area contributed by atoms with Crippen LogP contribution in [0.25, 0.3) is 22.3 Å². The number of alkyl halides is 2. The summed E-state index contributed by atoms with van der Waals surface area (Å²) in [5.74, 6) is -1.78. The highest BCUT2D eigenvalue weighted by Gasteiger charge is 2.20. The van der Waals surface area contributed by atoms with E-state index in [-0.39, 0.29) is 16.9 Å². The van der Waals surface area contributed by atoms with Crippen molar-refractivity contribution in [3.8, 4) is 28.0 Å². The summed E-state index contributed by atoms with van der Waals surface area (Å²) >= 11 is 0. The van der Waals surface area contributed by atoms with Gasteiger partial charge in [0.05, 0.1) is 6.61 Å². The number of benzene rings is 3. The second-order valence-corrected chi connectivity index (χ2v) is 6.58. The number of hydrogen-bond donors (Lipinski definition) is 1. The fourth-order valence-electron chi connectivity index (χ4n) is 3.26. The first-order valence-electron chi connectivity index (χ1n) is 9.20. The number of rotatable bonds is 7. The van der Waals surface area contributed by atoms with Gasteiger partial charge in [0.15, 0.2) is 0 Å². The van der Waals surface area contributed by atoms with Gasteiger partial charge in [0, 0.05) is 11.1 Å². The van der Waals surface area contributed by atoms with E-state index in [9.17, 15) is 18.3 Å². The molecule has 0 aromatic heterocycles. The molecule has 0 bridgehead atoms. The summed E-state index contributed by atoms with van der Waals surface area (Å²) in [6.45, 7) is -1.68. The lowest BCUT2D eigenvalue weighted by atomic mass is 9.91. The van der Waals surface area contributed by atoms with Gasteiger partial charge in [-0.2, -0.15) is 8.78 Å². The third kappa shape index (κ3) is 4.59. The first kappa shape index (κ1) is 20.9. The van der Waals surface area contributed by atoms with E-state index >= 15 is 4.39 Å². The van der Waals surface area contributed by atoms with Gasteiger partial charge in [-0.1, -0.05) is 49.7 Å². The molecule has 1 N–H and O–H groups in total. The molecule has 0 heterocycles. The molecule has 152 valence electrons. The Hall–Kier alpha value is -2.86. The zero-order valence-corrected chi connectivity index (χ0v) is 15.8. The predicted octanol–water partition coefficient (Wildman–Crippen LogP) is 6.35. The number of ether oxygens (including phenoxy) is 1. The van der Waals surface area contributed by atoms with Gasteiger partial charge in [0.1, 0.15) is 17.4 Å². The van der Waals surface area contributed by atoms with E-state index in [2.05, 4.69) is 11.7 Å². The van der Waals surface area contributed by atoms with Crippen molar-refractivity contribution in [1.82, 2.24) is 0 Å². The quantitative estimate of drug-likeness (QED) is 0.465. The van der Waals surface area contributed by atoms with Gasteiger partial charge in [0.2, 0.25) is 0 Å². The van der Waals surface area contributed by atoms with Crippen LogP contribution in [0, 0.1) is 11.6 Å². The number of hydrogen-bond acceptors (Lipinski definition) is 2.